The maximum atomic E-state index is 6.63. The van der Waals surface area contributed by atoms with Gasteiger partial charge in [-0.25, -0.2) is 4.98 Å². The lowest BCUT2D eigenvalue weighted by Gasteiger charge is -2.24. The van der Waals surface area contributed by atoms with Crippen molar-refractivity contribution >= 4 is 21.5 Å². The fourth-order valence-electron chi connectivity index (χ4n) is 4.84. The first-order valence-corrected chi connectivity index (χ1v) is 11.0. The van der Waals surface area contributed by atoms with E-state index in [1.807, 2.05) is 36.4 Å². The SMILES string of the molecule is c1ccc(-c2cccc(-c3cccc4c3Oc3cc5ccccc5c5cccc-4c35)n2)nc1. The highest BCUT2D eigenvalue weighted by atomic mass is 16.5. The van der Waals surface area contributed by atoms with E-state index in [0.29, 0.717) is 0 Å². The molecular formula is C30H18N2O. The van der Waals surface area contributed by atoms with E-state index >= 15 is 0 Å². The summed E-state index contributed by atoms with van der Waals surface area (Å²) < 4.78 is 6.63. The normalized spacial score (nSPS) is 11.9. The molecule has 0 atom stereocenters. The Morgan fingerprint density at radius 1 is 0.545 bits per heavy atom. The van der Waals surface area contributed by atoms with E-state index in [-0.39, 0.29) is 0 Å². The van der Waals surface area contributed by atoms with Gasteiger partial charge in [-0.1, -0.05) is 66.7 Å². The Kier molecular flexibility index (Phi) is 3.84. The van der Waals surface area contributed by atoms with Gasteiger partial charge in [-0.15, -0.1) is 0 Å². The van der Waals surface area contributed by atoms with Gasteiger partial charge in [-0.3, -0.25) is 4.98 Å². The zero-order chi connectivity index (χ0) is 21.8. The highest BCUT2D eigenvalue weighted by Gasteiger charge is 2.24. The van der Waals surface area contributed by atoms with Crippen LogP contribution >= 0.6 is 0 Å². The molecule has 2 aromatic heterocycles. The van der Waals surface area contributed by atoms with E-state index in [2.05, 4.69) is 71.7 Å². The average molecular weight is 422 g/mol. The number of fused-ring (bicyclic) bond motifs is 4. The van der Waals surface area contributed by atoms with Crippen LogP contribution in [0.15, 0.2) is 109 Å². The summed E-state index contributed by atoms with van der Waals surface area (Å²) in [4.78, 5) is 9.40. The largest absolute Gasteiger partial charge is 0.455 e. The molecule has 0 radical (unpaired) electrons. The van der Waals surface area contributed by atoms with E-state index < -0.39 is 0 Å². The Hall–Kier alpha value is -4.50. The predicted octanol–water partition coefficient (Wildman–Crippen LogP) is 7.89. The highest BCUT2D eigenvalue weighted by molar-refractivity contribution is 6.16. The monoisotopic (exact) mass is 422 g/mol. The molecule has 3 heteroatoms. The van der Waals surface area contributed by atoms with Crippen molar-refractivity contribution in [2.45, 2.75) is 0 Å². The number of hydrogen-bond acceptors (Lipinski definition) is 3. The van der Waals surface area contributed by atoms with Gasteiger partial charge in [-0.05, 0) is 58.1 Å². The molecule has 0 saturated carbocycles. The number of nitrogens with zero attached hydrogens (tertiary/aromatic N) is 2. The highest BCUT2D eigenvalue weighted by Crippen LogP contribution is 2.51. The zero-order valence-corrected chi connectivity index (χ0v) is 17.7. The van der Waals surface area contributed by atoms with Gasteiger partial charge < -0.3 is 4.74 Å². The van der Waals surface area contributed by atoms with Crippen LogP contribution in [0.1, 0.15) is 0 Å². The van der Waals surface area contributed by atoms with Crippen molar-refractivity contribution in [3.8, 4) is 45.3 Å². The molecule has 0 bridgehead atoms. The first-order valence-electron chi connectivity index (χ1n) is 11.0. The van der Waals surface area contributed by atoms with Crippen molar-refractivity contribution < 1.29 is 4.74 Å². The number of benzene rings is 4. The first-order chi connectivity index (χ1) is 16.4. The number of hydrogen-bond donors (Lipinski definition) is 0. The van der Waals surface area contributed by atoms with Gasteiger partial charge in [0.25, 0.3) is 0 Å². The van der Waals surface area contributed by atoms with Crippen molar-refractivity contribution in [2.24, 2.45) is 0 Å². The molecule has 1 aliphatic rings. The summed E-state index contributed by atoms with van der Waals surface area (Å²) in [5.74, 6) is 1.73. The smallest absolute Gasteiger partial charge is 0.144 e. The standard InChI is InChI=1S/C30H18N2O/c1-2-9-20-19(8-1)18-28-29-21(20)10-5-11-22(29)23-12-6-13-24(30(23)33-28)25-15-7-16-27(32-25)26-14-3-4-17-31-26/h1-18H. The Labute approximate surface area is 191 Å². The Morgan fingerprint density at radius 3 is 2.21 bits per heavy atom. The minimum absolute atomic E-state index is 0.843. The van der Waals surface area contributed by atoms with Crippen LogP contribution in [-0.2, 0) is 0 Å². The number of ether oxygens (including phenoxy) is 1. The molecule has 7 rings (SSSR count). The number of rotatable bonds is 2. The van der Waals surface area contributed by atoms with Crippen molar-refractivity contribution in [1.29, 1.82) is 0 Å². The van der Waals surface area contributed by atoms with Crippen LogP contribution in [0.4, 0.5) is 0 Å². The summed E-state index contributed by atoms with van der Waals surface area (Å²) in [6.45, 7) is 0. The van der Waals surface area contributed by atoms with Gasteiger partial charge in [0.1, 0.15) is 11.5 Å². The Balaban J connectivity index is 1.47. The molecule has 6 aromatic rings. The van der Waals surface area contributed by atoms with Crippen LogP contribution in [0.2, 0.25) is 0 Å². The quantitative estimate of drug-likeness (QED) is 0.266. The third-order valence-electron chi connectivity index (χ3n) is 6.32. The topological polar surface area (TPSA) is 35.0 Å². The summed E-state index contributed by atoms with van der Waals surface area (Å²) in [6.07, 6.45) is 1.79. The van der Waals surface area contributed by atoms with Gasteiger partial charge in [0, 0.05) is 22.7 Å². The molecule has 4 aromatic carbocycles. The minimum Gasteiger partial charge on any atom is -0.455 e. The molecule has 154 valence electrons. The van der Waals surface area contributed by atoms with Crippen molar-refractivity contribution in [3.63, 3.8) is 0 Å². The van der Waals surface area contributed by atoms with Gasteiger partial charge in [0.2, 0.25) is 0 Å². The Morgan fingerprint density at radius 2 is 1.27 bits per heavy atom. The first kappa shape index (κ1) is 18.1. The third-order valence-corrected chi connectivity index (χ3v) is 6.32. The van der Waals surface area contributed by atoms with Crippen molar-refractivity contribution in [3.05, 3.63) is 109 Å². The molecule has 0 saturated heterocycles. The fourth-order valence-corrected chi connectivity index (χ4v) is 4.84. The van der Waals surface area contributed by atoms with E-state index in [0.717, 1.165) is 45.1 Å². The predicted molar refractivity (Wildman–Crippen MR) is 133 cm³/mol. The molecular weight excluding hydrogens is 404 g/mol. The van der Waals surface area contributed by atoms with Crippen LogP contribution in [0.5, 0.6) is 11.5 Å². The van der Waals surface area contributed by atoms with Gasteiger partial charge in [0.05, 0.1) is 17.1 Å². The molecule has 0 amide bonds. The molecule has 1 aliphatic heterocycles. The summed E-state index contributed by atoms with van der Waals surface area (Å²) >= 11 is 0. The van der Waals surface area contributed by atoms with Crippen LogP contribution in [0.25, 0.3) is 55.3 Å². The van der Waals surface area contributed by atoms with Crippen LogP contribution in [0, 0.1) is 0 Å². The van der Waals surface area contributed by atoms with Crippen molar-refractivity contribution in [2.75, 3.05) is 0 Å². The summed E-state index contributed by atoms with van der Waals surface area (Å²) in [7, 11) is 0. The second-order valence-corrected chi connectivity index (χ2v) is 8.23. The van der Waals surface area contributed by atoms with E-state index in [1.54, 1.807) is 6.20 Å². The average Bonchev–Trinajstić information content (AvgIpc) is 2.89. The molecule has 3 heterocycles. The summed E-state index contributed by atoms with van der Waals surface area (Å²) in [5, 5.41) is 4.79. The molecule has 0 fully saturated rings. The van der Waals surface area contributed by atoms with Crippen LogP contribution < -0.4 is 4.74 Å². The zero-order valence-electron chi connectivity index (χ0n) is 17.7. The number of aromatic nitrogens is 2. The van der Waals surface area contributed by atoms with Crippen molar-refractivity contribution in [1.82, 2.24) is 9.97 Å². The van der Waals surface area contributed by atoms with E-state index in [4.69, 9.17) is 9.72 Å². The molecule has 0 N–H and O–H groups in total. The Bertz CT molecular complexity index is 1690. The van der Waals surface area contributed by atoms with Gasteiger partial charge >= 0.3 is 0 Å². The number of para-hydroxylation sites is 1. The minimum atomic E-state index is 0.843. The molecule has 3 nitrogen and oxygen atoms in total. The third kappa shape index (κ3) is 2.76. The molecule has 0 aliphatic carbocycles. The lowest BCUT2D eigenvalue weighted by Crippen LogP contribution is -2.00. The lowest BCUT2D eigenvalue weighted by molar-refractivity contribution is 0.489. The molecule has 0 unspecified atom stereocenters. The van der Waals surface area contributed by atoms with Gasteiger partial charge in [-0.2, -0.15) is 0 Å². The summed E-state index contributed by atoms with van der Waals surface area (Å²) in [5.41, 5.74) is 5.82. The van der Waals surface area contributed by atoms with E-state index in [1.165, 1.54) is 21.7 Å². The van der Waals surface area contributed by atoms with E-state index in [9.17, 15) is 0 Å². The number of pyridine rings is 2. The van der Waals surface area contributed by atoms with Crippen LogP contribution in [0.3, 0.4) is 0 Å². The van der Waals surface area contributed by atoms with Gasteiger partial charge in [0.15, 0.2) is 0 Å². The maximum Gasteiger partial charge on any atom is 0.144 e. The second-order valence-electron chi connectivity index (χ2n) is 8.23. The van der Waals surface area contributed by atoms with Crippen LogP contribution in [-0.4, -0.2) is 9.97 Å². The molecule has 0 spiro atoms. The molecule has 33 heavy (non-hydrogen) atoms. The lowest BCUT2D eigenvalue weighted by atomic mass is 9.90. The fraction of sp³-hybridized carbons (Fsp3) is 0. The maximum absolute atomic E-state index is 6.63. The second kappa shape index (κ2) is 7.01. The summed E-state index contributed by atoms with van der Waals surface area (Å²) in [6, 6.07) is 35.3.